The van der Waals surface area contributed by atoms with Gasteiger partial charge in [-0.1, -0.05) is 19.1 Å². The second kappa shape index (κ2) is 7.23. The van der Waals surface area contributed by atoms with Crippen molar-refractivity contribution >= 4 is 5.71 Å². The molecule has 1 aromatic rings. The molecule has 2 saturated heterocycles. The van der Waals surface area contributed by atoms with Gasteiger partial charge in [0.15, 0.2) is 0 Å². The van der Waals surface area contributed by atoms with E-state index in [1.165, 1.54) is 50.9 Å². The monoisotopic (exact) mass is 303 g/mol. The lowest BCUT2D eigenvalue weighted by molar-refractivity contribution is 0.197. The highest BCUT2D eigenvalue weighted by molar-refractivity contribution is 6.00. The van der Waals surface area contributed by atoms with Crippen molar-refractivity contribution in [1.29, 1.82) is 0 Å². The van der Waals surface area contributed by atoms with Gasteiger partial charge in [0.1, 0.15) is 5.82 Å². The van der Waals surface area contributed by atoms with E-state index in [9.17, 15) is 4.39 Å². The van der Waals surface area contributed by atoms with E-state index in [0.29, 0.717) is 6.04 Å². The summed E-state index contributed by atoms with van der Waals surface area (Å²) in [6, 6.07) is 7.25. The van der Waals surface area contributed by atoms with E-state index in [1.807, 2.05) is 12.1 Å². The van der Waals surface area contributed by atoms with Gasteiger partial charge in [0, 0.05) is 13.1 Å². The van der Waals surface area contributed by atoms with Crippen LogP contribution in [0.5, 0.6) is 0 Å². The van der Waals surface area contributed by atoms with Crippen molar-refractivity contribution in [3.05, 3.63) is 35.6 Å². The Morgan fingerprint density at radius 3 is 2.55 bits per heavy atom. The molecule has 22 heavy (non-hydrogen) atoms. The molecule has 2 aliphatic heterocycles. The van der Waals surface area contributed by atoms with E-state index < -0.39 is 0 Å². The first kappa shape index (κ1) is 15.5. The van der Waals surface area contributed by atoms with Crippen LogP contribution in [0.15, 0.2) is 29.4 Å². The molecule has 3 rings (SSSR count). The Bertz CT molecular complexity index is 506. The van der Waals surface area contributed by atoms with Crippen LogP contribution in [-0.2, 0) is 0 Å². The molecule has 0 N–H and O–H groups in total. The molecule has 0 bridgehead atoms. The molecule has 1 aromatic carbocycles. The second-order valence-electron chi connectivity index (χ2n) is 6.37. The van der Waals surface area contributed by atoms with Gasteiger partial charge in [0.25, 0.3) is 0 Å². The summed E-state index contributed by atoms with van der Waals surface area (Å²) in [5.74, 6) is -0.188. The normalized spacial score (nSPS) is 23.5. The minimum atomic E-state index is -0.188. The third-order valence-corrected chi connectivity index (χ3v) is 4.78. The summed E-state index contributed by atoms with van der Waals surface area (Å²) in [6.07, 6.45) is 6.01. The summed E-state index contributed by atoms with van der Waals surface area (Å²) in [7, 11) is 0. The molecular weight excluding hydrogens is 277 g/mol. The summed E-state index contributed by atoms with van der Waals surface area (Å²) in [4.78, 5) is 2.57. The number of benzene rings is 1. The largest absolute Gasteiger partial charge is 0.301 e. The lowest BCUT2D eigenvalue weighted by Gasteiger charge is -2.27. The second-order valence-corrected chi connectivity index (χ2v) is 6.37. The van der Waals surface area contributed by atoms with Crippen molar-refractivity contribution in [3.63, 3.8) is 0 Å². The van der Waals surface area contributed by atoms with Crippen LogP contribution < -0.4 is 0 Å². The maximum Gasteiger partial charge on any atom is 0.123 e. The number of rotatable bonds is 5. The highest BCUT2D eigenvalue weighted by atomic mass is 19.1. The molecule has 0 spiro atoms. The van der Waals surface area contributed by atoms with Gasteiger partial charge in [-0.25, -0.2) is 4.39 Å². The molecule has 0 saturated carbocycles. The SMILES string of the molecule is CC/C(=N\N1CCC[C@H]1CN1CCCC1)c1ccc(F)cc1. The summed E-state index contributed by atoms with van der Waals surface area (Å²) in [6.45, 7) is 6.79. The van der Waals surface area contributed by atoms with Crippen LogP contribution in [0.1, 0.15) is 44.6 Å². The highest BCUT2D eigenvalue weighted by Crippen LogP contribution is 2.21. The smallest absolute Gasteiger partial charge is 0.123 e. The van der Waals surface area contributed by atoms with Gasteiger partial charge < -0.3 is 4.90 Å². The Kier molecular flexibility index (Phi) is 5.08. The van der Waals surface area contributed by atoms with Gasteiger partial charge in [-0.2, -0.15) is 5.10 Å². The molecule has 1 atom stereocenters. The summed E-state index contributed by atoms with van der Waals surface area (Å²) < 4.78 is 13.1. The van der Waals surface area contributed by atoms with Crippen LogP contribution in [-0.4, -0.2) is 47.8 Å². The van der Waals surface area contributed by atoms with Crippen molar-refractivity contribution in [2.45, 2.75) is 45.1 Å². The number of hydrazone groups is 1. The average molecular weight is 303 g/mol. The lowest BCUT2D eigenvalue weighted by Crippen LogP contribution is -2.37. The lowest BCUT2D eigenvalue weighted by atomic mass is 10.1. The molecule has 0 aliphatic carbocycles. The third-order valence-electron chi connectivity index (χ3n) is 4.78. The van der Waals surface area contributed by atoms with E-state index in [0.717, 1.165) is 30.8 Å². The fraction of sp³-hybridized carbons (Fsp3) is 0.611. The van der Waals surface area contributed by atoms with E-state index in [-0.39, 0.29) is 5.82 Å². The molecule has 2 aliphatic rings. The van der Waals surface area contributed by atoms with Crippen molar-refractivity contribution in [2.75, 3.05) is 26.2 Å². The van der Waals surface area contributed by atoms with Crippen LogP contribution in [0.4, 0.5) is 4.39 Å². The van der Waals surface area contributed by atoms with Gasteiger partial charge in [0.05, 0.1) is 11.8 Å². The van der Waals surface area contributed by atoms with Crippen molar-refractivity contribution < 1.29 is 4.39 Å². The predicted molar refractivity (Wildman–Crippen MR) is 88.6 cm³/mol. The summed E-state index contributed by atoms with van der Waals surface area (Å²) in [5, 5.41) is 7.20. The first-order chi connectivity index (χ1) is 10.8. The van der Waals surface area contributed by atoms with Gasteiger partial charge in [-0.3, -0.25) is 5.01 Å². The number of likely N-dealkylation sites (tertiary alicyclic amines) is 1. The molecule has 0 unspecified atom stereocenters. The number of halogens is 1. The minimum Gasteiger partial charge on any atom is -0.301 e. The number of nitrogens with zero attached hydrogens (tertiary/aromatic N) is 3. The Labute approximate surface area is 132 Å². The third kappa shape index (κ3) is 3.67. The molecular formula is C18H26FN3. The molecule has 0 radical (unpaired) electrons. The maximum absolute atomic E-state index is 13.1. The average Bonchev–Trinajstić information content (AvgIpc) is 3.19. The Hall–Kier alpha value is -1.42. The zero-order valence-corrected chi connectivity index (χ0v) is 13.5. The standard InChI is InChI=1S/C18H26FN3/c1-2-18(15-7-9-16(19)10-8-15)20-22-13-5-6-17(22)14-21-11-3-4-12-21/h7-10,17H,2-6,11-14H2,1H3/b20-18+/t17-/m0/s1. The molecule has 120 valence electrons. The van der Waals surface area contributed by atoms with Crippen molar-refractivity contribution in [2.24, 2.45) is 5.10 Å². The predicted octanol–water partition coefficient (Wildman–Crippen LogP) is 3.50. The van der Waals surface area contributed by atoms with Gasteiger partial charge in [0.2, 0.25) is 0 Å². The van der Waals surface area contributed by atoms with Crippen LogP contribution in [0.2, 0.25) is 0 Å². The topological polar surface area (TPSA) is 18.8 Å². The number of hydrogen-bond acceptors (Lipinski definition) is 3. The van der Waals surface area contributed by atoms with Crippen LogP contribution in [0.25, 0.3) is 0 Å². The van der Waals surface area contributed by atoms with Gasteiger partial charge >= 0.3 is 0 Å². The van der Waals surface area contributed by atoms with E-state index in [2.05, 4.69) is 16.8 Å². The Morgan fingerprint density at radius 2 is 1.86 bits per heavy atom. The maximum atomic E-state index is 13.1. The molecule has 0 amide bonds. The van der Waals surface area contributed by atoms with E-state index in [1.54, 1.807) is 0 Å². The first-order valence-corrected chi connectivity index (χ1v) is 8.58. The van der Waals surface area contributed by atoms with Crippen LogP contribution in [0.3, 0.4) is 0 Å². The fourth-order valence-electron chi connectivity index (χ4n) is 3.53. The Morgan fingerprint density at radius 1 is 1.14 bits per heavy atom. The summed E-state index contributed by atoms with van der Waals surface area (Å²) >= 11 is 0. The number of hydrogen-bond donors (Lipinski definition) is 0. The molecule has 4 heteroatoms. The summed E-state index contributed by atoms with van der Waals surface area (Å²) in [5.41, 5.74) is 2.10. The quantitative estimate of drug-likeness (QED) is 0.775. The molecule has 3 nitrogen and oxygen atoms in total. The fourth-order valence-corrected chi connectivity index (χ4v) is 3.53. The molecule has 2 heterocycles. The van der Waals surface area contributed by atoms with Gasteiger partial charge in [-0.05, 0) is 62.9 Å². The molecule has 2 fully saturated rings. The highest BCUT2D eigenvalue weighted by Gasteiger charge is 2.27. The van der Waals surface area contributed by atoms with Crippen LogP contribution in [0, 0.1) is 5.82 Å². The zero-order valence-electron chi connectivity index (χ0n) is 13.5. The molecule has 0 aromatic heterocycles. The van der Waals surface area contributed by atoms with Crippen LogP contribution >= 0.6 is 0 Å². The van der Waals surface area contributed by atoms with Gasteiger partial charge in [-0.15, -0.1) is 0 Å². The van der Waals surface area contributed by atoms with Crippen molar-refractivity contribution in [3.8, 4) is 0 Å². The minimum absolute atomic E-state index is 0.188. The van der Waals surface area contributed by atoms with E-state index >= 15 is 0 Å². The first-order valence-electron chi connectivity index (χ1n) is 8.58. The van der Waals surface area contributed by atoms with E-state index in [4.69, 9.17) is 5.10 Å². The zero-order chi connectivity index (χ0) is 15.4. The Balaban J connectivity index is 1.71. The van der Waals surface area contributed by atoms with Crippen molar-refractivity contribution in [1.82, 2.24) is 9.91 Å².